The molecular weight excluding hydrogens is 722 g/mol. The van der Waals surface area contributed by atoms with Crippen LogP contribution in [0.1, 0.15) is 41.4 Å². The fourth-order valence-corrected chi connectivity index (χ4v) is 2.81. The fourth-order valence-electron chi connectivity index (χ4n) is 2.81. The molecule has 8 N–H and O–H groups in total. The van der Waals surface area contributed by atoms with Gasteiger partial charge in [0.15, 0.2) is 0 Å². The summed E-state index contributed by atoms with van der Waals surface area (Å²) in [6, 6.07) is 10.8. The largest absolute Gasteiger partial charge is 2.00 e. The van der Waals surface area contributed by atoms with Crippen LogP contribution in [0.15, 0.2) is 73.3 Å². The number of hydrogen-bond donors (Lipinski definition) is 4. The van der Waals surface area contributed by atoms with Crippen molar-refractivity contribution < 1.29 is 70.0 Å². The molecule has 0 spiro atoms. The summed E-state index contributed by atoms with van der Waals surface area (Å²) >= 11 is 7.40. The van der Waals surface area contributed by atoms with Gasteiger partial charge in [0, 0.05) is 24.8 Å². The molecule has 4 heterocycles. The van der Waals surface area contributed by atoms with Crippen molar-refractivity contribution in [3.05, 3.63) is 95.6 Å². The van der Waals surface area contributed by atoms with Crippen LogP contribution in [0.2, 0.25) is 0 Å². The number of aromatic nitrogens is 4. The summed E-state index contributed by atoms with van der Waals surface area (Å²) in [7, 11) is 0. The molecule has 0 fully saturated rings. The quantitative estimate of drug-likeness (QED) is 0.123. The third kappa shape index (κ3) is 14.9. The van der Waals surface area contributed by atoms with Crippen LogP contribution in [0.4, 0.5) is 0 Å². The molecular formula is C26H20N6O10RuS2. The van der Waals surface area contributed by atoms with Gasteiger partial charge in [-0.3, -0.25) is 19.9 Å². The average Bonchev–Trinajstić information content (AvgIpc) is 2.98. The third-order valence-corrected chi connectivity index (χ3v) is 4.55. The predicted octanol–water partition coefficient (Wildman–Crippen LogP) is 1.46. The standard InChI is InChI=1S/2C12H8N2O4.2CHNS.2H2O.Ru/c2*15-11(16)7-1-3-13-9(5-7)10-6-8(12(17)18)2-4-14-10;2*2-1-3;;;/h2*1-6H,(H,15,16)(H,17,18);2*3H;2*1H2;/q;;;;;;+2/p-2. The monoisotopic (exact) mass is 742 g/mol. The van der Waals surface area contributed by atoms with Crippen LogP contribution in [0.25, 0.3) is 22.8 Å². The van der Waals surface area contributed by atoms with E-state index < -0.39 is 23.9 Å². The van der Waals surface area contributed by atoms with E-state index in [0.717, 1.165) is 0 Å². The number of rotatable bonds is 6. The number of pyridine rings is 4. The molecule has 0 aliphatic carbocycles. The van der Waals surface area contributed by atoms with Gasteiger partial charge in [0.05, 0.1) is 45.0 Å². The molecule has 0 amide bonds. The van der Waals surface area contributed by atoms with Gasteiger partial charge in [-0.05, 0) is 48.5 Å². The Morgan fingerprint density at radius 3 is 0.800 bits per heavy atom. The average molecular weight is 742 g/mol. The minimum atomic E-state index is -1.08. The van der Waals surface area contributed by atoms with E-state index in [4.69, 9.17) is 30.9 Å². The fraction of sp³-hybridized carbons (Fsp3) is 0. The second-order valence-corrected chi connectivity index (χ2v) is 7.49. The maximum atomic E-state index is 10.8. The maximum Gasteiger partial charge on any atom is 2.00 e. The zero-order chi connectivity index (χ0) is 31.7. The van der Waals surface area contributed by atoms with Crippen molar-refractivity contribution >= 4 is 49.1 Å². The van der Waals surface area contributed by atoms with Crippen LogP contribution in [0.3, 0.4) is 0 Å². The van der Waals surface area contributed by atoms with E-state index in [1.165, 1.54) is 84.1 Å². The Kier molecular flexibility index (Phi) is 22.4. The first kappa shape index (κ1) is 43.9. The van der Waals surface area contributed by atoms with Crippen molar-refractivity contribution in [3.8, 4) is 33.6 Å². The van der Waals surface area contributed by atoms with Crippen molar-refractivity contribution in [2.24, 2.45) is 0 Å². The van der Waals surface area contributed by atoms with E-state index in [-0.39, 0.29) is 52.7 Å². The van der Waals surface area contributed by atoms with E-state index in [1.54, 1.807) is 0 Å². The maximum absolute atomic E-state index is 10.8. The predicted molar refractivity (Wildman–Crippen MR) is 156 cm³/mol. The topological polar surface area (TPSA) is 311 Å². The van der Waals surface area contributed by atoms with E-state index in [2.05, 4.69) is 45.2 Å². The first-order valence-corrected chi connectivity index (χ1v) is 11.6. The number of aromatic carboxylic acids is 4. The first-order chi connectivity index (χ1) is 20.0. The van der Waals surface area contributed by atoms with Crippen LogP contribution in [0, 0.1) is 21.3 Å². The van der Waals surface area contributed by atoms with E-state index in [1.807, 2.05) is 0 Å². The zero-order valence-corrected chi connectivity index (χ0v) is 25.6. The van der Waals surface area contributed by atoms with Gasteiger partial charge < -0.3 is 56.6 Å². The van der Waals surface area contributed by atoms with Crippen LogP contribution >= 0.6 is 0 Å². The van der Waals surface area contributed by atoms with Crippen LogP contribution in [0.5, 0.6) is 0 Å². The number of carboxylic acid groups (broad SMARTS) is 4. The van der Waals surface area contributed by atoms with Gasteiger partial charge in [0.2, 0.25) is 0 Å². The summed E-state index contributed by atoms with van der Waals surface area (Å²) in [5.74, 6) is -4.30. The summed E-state index contributed by atoms with van der Waals surface area (Å²) < 4.78 is 0. The number of thiocyanates is 2. The van der Waals surface area contributed by atoms with Gasteiger partial charge in [-0.15, -0.1) is 0 Å². The van der Waals surface area contributed by atoms with E-state index >= 15 is 0 Å². The van der Waals surface area contributed by atoms with Crippen LogP contribution in [-0.2, 0) is 44.7 Å². The molecule has 0 aliphatic rings. The molecule has 0 radical (unpaired) electrons. The van der Waals surface area contributed by atoms with Crippen molar-refractivity contribution in [2.75, 3.05) is 0 Å². The molecule has 4 aromatic rings. The number of carboxylic acids is 4. The summed E-state index contributed by atoms with van der Waals surface area (Å²) in [5.41, 5.74) is 1.56. The molecule has 234 valence electrons. The molecule has 16 nitrogen and oxygen atoms in total. The van der Waals surface area contributed by atoms with E-state index in [9.17, 15) is 19.2 Å². The smallest absolute Gasteiger partial charge is 0.696 e. The summed E-state index contributed by atoms with van der Waals surface area (Å²) in [5, 5.41) is 52.4. The minimum Gasteiger partial charge on any atom is -0.696 e. The Morgan fingerprint density at radius 1 is 0.511 bits per heavy atom. The van der Waals surface area contributed by atoms with Crippen LogP contribution in [-0.4, -0.2) is 75.2 Å². The minimum absolute atomic E-state index is 0. The van der Waals surface area contributed by atoms with Crippen molar-refractivity contribution in [1.29, 1.82) is 10.5 Å². The Labute approximate surface area is 277 Å². The molecule has 0 saturated carbocycles. The molecule has 4 rings (SSSR count). The SMILES string of the molecule is N#C[S-].N#C[S-].O.O.O=C(O)c1ccnc(-c2cc(C(=O)O)ccn2)c1.O=C(O)c1ccnc(-c2cc(C(=O)O)ccn2)c1.[Ru+2]. The normalized spacial score (nSPS) is 8.31. The van der Waals surface area contributed by atoms with Gasteiger partial charge in [-0.2, -0.15) is 0 Å². The number of carbonyl (C=O) groups is 4. The Morgan fingerprint density at radius 2 is 0.667 bits per heavy atom. The van der Waals surface area contributed by atoms with Gasteiger partial charge in [0.25, 0.3) is 0 Å². The summed E-state index contributed by atoms with van der Waals surface area (Å²) in [4.78, 5) is 59.2. The molecule has 0 saturated heterocycles. The zero-order valence-electron chi connectivity index (χ0n) is 22.2. The van der Waals surface area contributed by atoms with Gasteiger partial charge in [-0.25, -0.2) is 29.7 Å². The molecule has 0 bridgehead atoms. The first-order valence-electron chi connectivity index (χ1n) is 10.8. The Hall–Kier alpha value is -5.56. The van der Waals surface area contributed by atoms with Crippen molar-refractivity contribution in [1.82, 2.24) is 19.9 Å². The Bertz CT molecular complexity index is 1450. The second kappa shape index (κ2) is 23.0. The second-order valence-electron chi connectivity index (χ2n) is 7.12. The molecule has 45 heavy (non-hydrogen) atoms. The van der Waals surface area contributed by atoms with Crippen LogP contribution < -0.4 is 0 Å². The Balaban J connectivity index is -0.000000631. The van der Waals surface area contributed by atoms with E-state index in [0.29, 0.717) is 22.8 Å². The summed E-state index contributed by atoms with van der Waals surface area (Å²) in [6.45, 7) is 0. The third-order valence-electron chi connectivity index (χ3n) is 4.55. The van der Waals surface area contributed by atoms with Gasteiger partial charge >= 0.3 is 43.4 Å². The van der Waals surface area contributed by atoms with Crippen molar-refractivity contribution in [3.63, 3.8) is 0 Å². The molecule has 0 unspecified atom stereocenters. The summed E-state index contributed by atoms with van der Waals surface area (Å²) in [6.07, 6.45) is 5.36. The van der Waals surface area contributed by atoms with Gasteiger partial charge in [0.1, 0.15) is 0 Å². The molecule has 0 atom stereocenters. The molecule has 19 heteroatoms. The molecule has 0 aliphatic heterocycles. The van der Waals surface area contributed by atoms with Gasteiger partial charge in [-0.1, -0.05) is 10.8 Å². The van der Waals surface area contributed by atoms with Crippen molar-refractivity contribution in [2.45, 2.75) is 0 Å². The number of hydrogen-bond acceptors (Lipinski definition) is 12. The molecule has 4 aromatic heterocycles. The number of nitrogens with zero attached hydrogens (tertiary/aromatic N) is 6. The molecule has 0 aromatic carbocycles. The number of nitriles is 2.